The summed E-state index contributed by atoms with van der Waals surface area (Å²) in [7, 11) is 0. The van der Waals surface area contributed by atoms with Crippen LogP contribution < -0.4 is 15.0 Å². The summed E-state index contributed by atoms with van der Waals surface area (Å²) < 4.78 is 6.22. The van der Waals surface area contributed by atoms with E-state index in [0.29, 0.717) is 17.1 Å². The molecule has 7 nitrogen and oxygen atoms in total. The van der Waals surface area contributed by atoms with Crippen LogP contribution in [0, 0.1) is 0 Å². The molecule has 2 aromatic rings. The SMILES string of the molecule is O=C(CN1C(=O)COc2cc(Br)ccc21)Nc1ccnnc1. The Morgan fingerprint density at radius 2 is 2.23 bits per heavy atom. The zero-order valence-electron chi connectivity index (χ0n) is 11.3. The number of hydrogen-bond acceptors (Lipinski definition) is 5. The monoisotopic (exact) mass is 362 g/mol. The van der Waals surface area contributed by atoms with Crippen molar-refractivity contribution in [2.75, 3.05) is 23.4 Å². The quantitative estimate of drug-likeness (QED) is 0.896. The highest BCUT2D eigenvalue weighted by Gasteiger charge is 2.27. The summed E-state index contributed by atoms with van der Waals surface area (Å²) >= 11 is 3.34. The molecule has 1 aliphatic rings. The topological polar surface area (TPSA) is 84.4 Å². The lowest BCUT2D eigenvalue weighted by molar-refractivity contribution is -0.123. The first-order valence-corrected chi connectivity index (χ1v) is 7.22. The van der Waals surface area contributed by atoms with Crippen LogP contribution in [0.5, 0.6) is 5.75 Å². The molecule has 0 saturated carbocycles. The Labute approximate surface area is 134 Å². The van der Waals surface area contributed by atoms with Crippen molar-refractivity contribution in [3.05, 3.63) is 41.1 Å². The van der Waals surface area contributed by atoms with Crippen LogP contribution >= 0.6 is 15.9 Å². The molecule has 1 N–H and O–H groups in total. The van der Waals surface area contributed by atoms with Gasteiger partial charge < -0.3 is 10.1 Å². The second-order valence-electron chi connectivity index (χ2n) is 4.56. The van der Waals surface area contributed by atoms with Crippen LogP contribution in [0.15, 0.2) is 41.1 Å². The molecule has 0 atom stereocenters. The summed E-state index contributed by atoms with van der Waals surface area (Å²) in [5.41, 5.74) is 1.10. The average molecular weight is 363 g/mol. The number of benzene rings is 1. The minimum atomic E-state index is -0.322. The molecule has 8 heteroatoms. The van der Waals surface area contributed by atoms with Gasteiger partial charge in [-0.05, 0) is 24.3 Å². The van der Waals surface area contributed by atoms with Crippen molar-refractivity contribution in [1.29, 1.82) is 0 Å². The molecule has 0 saturated heterocycles. The standard InChI is InChI=1S/C14H11BrN4O3/c15-9-1-2-11-12(5-9)22-8-14(21)19(11)7-13(20)18-10-3-4-16-17-6-10/h1-6H,7-8H2,(H,16,18,20). The number of fused-ring (bicyclic) bond motifs is 1. The van der Waals surface area contributed by atoms with E-state index in [-0.39, 0.29) is 25.0 Å². The van der Waals surface area contributed by atoms with E-state index < -0.39 is 0 Å². The van der Waals surface area contributed by atoms with Gasteiger partial charge in [0.1, 0.15) is 12.3 Å². The number of aromatic nitrogens is 2. The number of hydrogen-bond donors (Lipinski definition) is 1. The number of anilines is 2. The number of amides is 2. The molecule has 2 heterocycles. The number of carbonyl (C=O) groups is 2. The molecule has 0 spiro atoms. The van der Waals surface area contributed by atoms with E-state index >= 15 is 0 Å². The Balaban J connectivity index is 1.77. The highest BCUT2D eigenvalue weighted by molar-refractivity contribution is 9.10. The van der Waals surface area contributed by atoms with Crippen LogP contribution in [0.25, 0.3) is 0 Å². The fourth-order valence-electron chi connectivity index (χ4n) is 2.06. The van der Waals surface area contributed by atoms with E-state index in [1.54, 1.807) is 24.3 Å². The molecule has 1 aromatic carbocycles. The number of nitrogens with one attached hydrogen (secondary N) is 1. The van der Waals surface area contributed by atoms with E-state index in [1.807, 2.05) is 0 Å². The predicted octanol–water partition coefficient (Wildman–Crippen LogP) is 1.60. The molecule has 0 radical (unpaired) electrons. The van der Waals surface area contributed by atoms with Gasteiger partial charge in [0.05, 0.1) is 23.8 Å². The Bertz CT molecular complexity index is 723. The van der Waals surface area contributed by atoms with Crippen LogP contribution in [0.4, 0.5) is 11.4 Å². The Morgan fingerprint density at radius 1 is 1.36 bits per heavy atom. The molecule has 0 unspecified atom stereocenters. The molecule has 112 valence electrons. The predicted molar refractivity (Wildman–Crippen MR) is 82.7 cm³/mol. The summed E-state index contributed by atoms with van der Waals surface area (Å²) in [5.74, 6) is -0.0257. The third-order valence-corrected chi connectivity index (χ3v) is 3.53. The maximum atomic E-state index is 12.1. The van der Waals surface area contributed by atoms with Crippen molar-refractivity contribution in [2.24, 2.45) is 0 Å². The maximum Gasteiger partial charge on any atom is 0.265 e. The highest BCUT2D eigenvalue weighted by atomic mass is 79.9. The van der Waals surface area contributed by atoms with Crippen LogP contribution in [0.3, 0.4) is 0 Å². The second-order valence-corrected chi connectivity index (χ2v) is 5.48. The van der Waals surface area contributed by atoms with E-state index in [4.69, 9.17) is 4.74 Å². The zero-order valence-corrected chi connectivity index (χ0v) is 12.9. The van der Waals surface area contributed by atoms with Gasteiger partial charge in [0.25, 0.3) is 5.91 Å². The third-order valence-electron chi connectivity index (χ3n) is 3.03. The zero-order chi connectivity index (χ0) is 15.5. The third kappa shape index (κ3) is 3.06. The van der Waals surface area contributed by atoms with Gasteiger partial charge in [0.2, 0.25) is 5.91 Å². The van der Waals surface area contributed by atoms with Crippen LogP contribution in [0.1, 0.15) is 0 Å². The lowest BCUT2D eigenvalue weighted by Crippen LogP contribution is -2.43. The molecule has 0 fully saturated rings. The summed E-state index contributed by atoms with van der Waals surface area (Å²) in [6, 6.07) is 6.91. The van der Waals surface area contributed by atoms with Crippen LogP contribution in [-0.4, -0.2) is 35.2 Å². The van der Waals surface area contributed by atoms with E-state index in [0.717, 1.165) is 4.47 Å². The van der Waals surface area contributed by atoms with Gasteiger partial charge in [0.15, 0.2) is 6.61 Å². The number of ether oxygens (including phenoxy) is 1. The average Bonchev–Trinajstić information content (AvgIpc) is 2.51. The number of halogens is 1. The molecule has 1 aliphatic heterocycles. The van der Waals surface area contributed by atoms with E-state index in [2.05, 4.69) is 31.4 Å². The van der Waals surface area contributed by atoms with E-state index in [9.17, 15) is 9.59 Å². The summed E-state index contributed by atoms with van der Waals surface area (Å²) in [6.07, 6.45) is 2.91. The largest absolute Gasteiger partial charge is 0.482 e. The van der Waals surface area contributed by atoms with Gasteiger partial charge in [-0.3, -0.25) is 14.5 Å². The molecular weight excluding hydrogens is 352 g/mol. The summed E-state index contributed by atoms with van der Waals surface area (Å²) in [4.78, 5) is 25.5. The van der Waals surface area contributed by atoms with Crippen molar-refractivity contribution in [2.45, 2.75) is 0 Å². The van der Waals surface area contributed by atoms with Gasteiger partial charge in [-0.15, -0.1) is 0 Å². The Kier molecular flexibility index (Phi) is 4.01. The first-order chi connectivity index (χ1) is 10.6. The van der Waals surface area contributed by atoms with Crippen molar-refractivity contribution in [3.8, 4) is 5.75 Å². The van der Waals surface area contributed by atoms with Crippen molar-refractivity contribution < 1.29 is 14.3 Å². The lowest BCUT2D eigenvalue weighted by Gasteiger charge is -2.28. The highest BCUT2D eigenvalue weighted by Crippen LogP contribution is 2.34. The van der Waals surface area contributed by atoms with Crippen LogP contribution in [0.2, 0.25) is 0 Å². The van der Waals surface area contributed by atoms with Gasteiger partial charge in [-0.2, -0.15) is 10.2 Å². The number of rotatable bonds is 3. The molecule has 1 aromatic heterocycles. The van der Waals surface area contributed by atoms with Gasteiger partial charge in [-0.1, -0.05) is 15.9 Å². The van der Waals surface area contributed by atoms with Crippen LogP contribution in [-0.2, 0) is 9.59 Å². The molecule has 0 aliphatic carbocycles. The fraction of sp³-hybridized carbons (Fsp3) is 0.143. The minimum Gasteiger partial charge on any atom is -0.482 e. The molecule has 0 bridgehead atoms. The smallest absolute Gasteiger partial charge is 0.265 e. The number of carbonyl (C=O) groups excluding carboxylic acids is 2. The van der Waals surface area contributed by atoms with Crippen molar-refractivity contribution in [3.63, 3.8) is 0 Å². The Hall–Kier alpha value is -2.48. The van der Waals surface area contributed by atoms with E-state index in [1.165, 1.54) is 17.3 Å². The molecule has 22 heavy (non-hydrogen) atoms. The minimum absolute atomic E-state index is 0.0897. The molecule has 3 rings (SSSR count). The lowest BCUT2D eigenvalue weighted by atomic mass is 10.2. The van der Waals surface area contributed by atoms with Gasteiger partial charge >= 0.3 is 0 Å². The van der Waals surface area contributed by atoms with Crippen molar-refractivity contribution >= 4 is 39.1 Å². The second kappa shape index (κ2) is 6.10. The normalized spacial score (nSPS) is 13.3. The first kappa shape index (κ1) is 14.5. The molecule has 2 amide bonds. The van der Waals surface area contributed by atoms with Crippen molar-refractivity contribution in [1.82, 2.24) is 10.2 Å². The molecular formula is C14H11BrN4O3. The summed E-state index contributed by atoms with van der Waals surface area (Å²) in [5, 5.41) is 9.97. The number of nitrogens with zero attached hydrogens (tertiary/aromatic N) is 3. The first-order valence-electron chi connectivity index (χ1n) is 6.43. The Morgan fingerprint density at radius 3 is 3.00 bits per heavy atom. The summed E-state index contributed by atoms with van der Waals surface area (Å²) in [6.45, 7) is -0.188. The van der Waals surface area contributed by atoms with Gasteiger partial charge in [-0.25, -0.2) is 0 Å². The van der Waals surface area contributed by atoms with Gasteiger partial charge in [0, 0.05) is 4.47 Å². The fourth-order valence-corrected chi connectivity index (χ4v) is 2.40. The maximum absolute atomic E-state index is 12.1.